The number of carbonyl (C=O) groups excluding carboxylic acids is 1. The number of nitrogens with two attached hydrogens (primary N) is 1. The Morgan fingerprint density at radius 1 is 1.13 bits per heavy atom. The Balaban J connectivity index is 2.19. The van der Waals surface area contributed by atoms with Crippen LogP contribution in [-0.2, 0) is 14.8 Å². The number of aryl methyl sites for hydroxylation is 2. The second kappa shape index (κ2) is 6.70. The number of hydrogen-bond acceptors (Lipinski definition) is 4. The summed E-state index contributed by atoms with van der Waals surface area (Å²) in [6.07, 6.45) is 0. The fourth-order valence-electron chi connectivity index (χ4n) is 1.92. The van der Waals surface area contributed by atoms with Crippen LogP contribution >= 0.6 is 0 Å². The van der Waals surface area contributed by atoms with Gasteiger partial charge < -0.3 is 10.5 Å². The summed E-state index contributed by atoms with van der Waals surface area (Å²) >= 11 is 0. The molecule has 7 heteroatoms. The first-order chi connectivity index (χ1) is 10.8. The van der Waals surface area contributed by atoms with Gasteiger partial charge in [0, 0.05) is 0 Å². The summed E-state index contributed by atoms with van der Waals surface area (Å²) in [5.41, 5.74) is 7.32. The summed E-state index contributed by atoms with van der Waals surface area (Å²) in [7, 11) is -3.70. The average molecular weight is 334 g/mol. The quantitative estimate of drug-likeness (QED) is 0.843. The summed E-state index contributed by atoms with van der Waals surface area (Å²) in [4.78, 5) is 10.8. The maximum atomic E-state index is 12.4. The number of primary amides is 1. The van der Waals surface area contributed by atoms with Gasteiger partial charge in [0.15, 0.2) is 6.61 Å². The molecule has 3 N–H and O–H groups in total. The molecule has 2 rings (SSSR count). The zero-order valence-electron chi connectivity index (χ0n) is 12.9. The Morgan fingerprint density at radius 3 is 2.39 bits per heavy atom. The number of anilines is 1. The molecule has 0 radical (unpaired) electrons. The first-order valence-electron chi connectivity index (χ1n) is 6.89. The van der Waals surface area contributed by atoms with Crippen LogP contribution in [-0.4, -0.2) is 20.9 Å². The van der Waals surface area contributed by atoms with Crippen molar-refractivity contribution in [2.24, 2.45) is 5.73 Å². The molecule has 0 spiro atoms. The molecule has 23 heavy (non-hydrogen) atoms. The number of nitrogens with one attached hydrogen (secondary N) is 1. The van der Waals surface area contributed by atoms with Gasteiger partial charge in [-0.3, -0.25) is 9.52 Å². The number of sulfonamides is 1. The number of hydrogen-bond donors (Lipinski definition) is 2. The van der Waals surface area contributed by atoms with E-state index in [0.29, 0.717) is 11.4 Å². The molecule has 0 atom stereocenters. The summed E-state index contributed by atoms with van der Waals surface area (Å²) in [6.45, 7) is 3.47. The lowest BCUT2D eigenvalue weighted by Gasteiger charge is -2.12. The normalized spacial score (nSPS) is 11.0. The van der Waals surface area contributed by atoms with Crippen LogP contribution in [0.15, 0.2) is 47.4 Å². The van der Waals surface area contributed by atoms with E-state index in [1.54, 1.807) is 6.07 Å². The van der Waals surface area contributed by atoms with E-state index in [1.807, 2.05) is 26.0 Å². The molecular formula is C16H18N2O4S. The fraction of sp³-hybridized carbons (Fsp3) is 0.188. The lowest BCUT2D eigenvalue weighted by molar-refractivity contribution is -0.119. The molecule has 122 valence electrons. The van der Waals surface area contributed by atoms with Crippen LogP contribution in [0.5, 0.6) is 5.75 Å². The van der Waals surface area contributed by atoms with Gasteiger partial charge in [-0.05, 0) is 55.3 Å². The molecule has 2 aromatic carbocycles. The standard InChI is InChI=1S/C16H18N2O4S/c1-11-3-4-12(2)15(9-11)18-23(20,21)14-7-5-13(6-8-14)22-10-16(17)19/h3-9,18H,10H2,1-2H3,(H2,17,19). The lowest BCUT2D eigenvalue weighted by Crippen LogP contribution is -2.20. The predicted octanol–water partition coefficient (Wildman–Crippen LogP) is 1.97. The van der Waals surface area contributed by atoms with Gasteiger partial charge in [0.25, 0.3) is 15.9 Å². The van der Waals surface area contributed by atoms with Crippen LogP contribution in [0.25, 0.3) is 0 Å². The molecule has 0 saturated carbocycles. The van der Waals surface area contributed by atoms with Gasteiger partial charge in [0.2, 0.25) is 0 Å². The smallest absolute Gasteiger partial charge is 0.261 e. The monoisotopic (exact) mass is 334 g/mol. The van der Waals surface area contributed by atoms with E-state index < -0.39 is 15.9 Å². The second-order valence-corrected chi connectivity index (χ2v) is 6.83. The maximum Gasteiger partial charge on any atom is 0.261 e. The van der Waals surface area contributed by atoms with Gasteiger partial charge in [0.05, 0.1) is 10.6 Å². The Bertz CT molecular complexity index is 814. The molecule has 6 nitrogen and oxygen atoms in total. The van der Waals surface area contributed by atoms with Crippen LogP contribution in [0.4, 0.5) is 5.69 Å². The number of amides is 1. The van der Waals surface area contributed by atoms with Gasteiger partial charge in [-0.25, -0.2) is 8.42 Å². The summed E-state index contributed by atoms with van der Waals surface area (Å²) in [6, 6.07) is 11.3. The summed E-state index contributed by atoms with van der Waals surface area (Å²) < 4.78 is 32.5. The van der Waals surface area contributed by atoms with E-state index in [4.69, 9.17) is 10.5 Å². The molecule has 0 unspecified atom stereocenters. The molecule has 0 heterocycles. The zero-order valence-corrected chi connectivity index (χ0v) is 13.7. The Hall–Kier alpha value is -2.54. The highest BCUT2D eigenvalue weighted by Crippen LogP contribution is 2.22. The Kier molecular flexibility index (Phi) is 4.90. The van der Waals surface area contributed by atoms with Crippen molar-refractivity contribution < 1.29 is 17.9 Å². The molecule has 0 bridgehead atoms. The molecule has 0 fully saturated rings. The first-order valence-corrected chi connectivity index (χ1v) is 8.37. The summed E-state index contributed by atoms with van der Waals surface area (Å²) in [5.74, 6) is -0.229. The minimum atomic E-state index is -3.70. The molecule has 1 amide bonds. The Labute approximate surface area is 135 Å². The minimum absolute atomic E-state index is 0.102. The van der Waals surface area contributed by atoms with E-state index in [2.05, 4.69) is 4.72 Å². The molecular weight excluding hydrogens is 316 g/mol. The zero-order chi connectivity index (χ0) is 17.0. The van der Waals surface area contributed by atoms with Crippen LogP contribution in [0, 0.1) is 13.8 Å². The Morgan fingerprint density at radius 2 is 1.78 bits per heavy atom. The van der Waals surface area contributed by atoms with Gasteiger partial charge in [-0.15, -0.1) is 0 Å². The predicted molar refractivity (Wildman–Crippen MR) is 87.9 cm³/mol. The van der Waals surface area contributed by atoms with E-state index >= 15 is 0 Å². The first kappa shape index (κ1) is 16.8. The third-order valence-corrected chi connectivity index (χ3v) is 4.53. The van der Waals surface area contributed by atoms with E-state index in [1.165, 1.54) is 24.3 Å². The molecule has 0 aliphatic carbocycles. The number of benzene rings is 2. The van der Waals surface area contributed by atoms with Crippen molar-refractivity contribution in [3.05, 3.63) is 53.6 Å². The number of carbonyl (C=O) groups is 1. The van der Waals surface area contributed by atoms with Crippen molar-refractivity contribution in [2.45, 2.75) is 18.7 Å². The van der Waals surface area contributed by atoms with Gasteiger partial charge in [-0.2, -0.15) is 0 Å². The number of ether oxygens (including phenoxy) is 1. The average Bonchev–Trinajstić information content (AvgIpc) is 2.49. The van der Waals surface area contributed by atoms with Gasteiger partial charge >= 0.3 is 0 Å². The topological polar surface area (TPSA) is 98.5 Å². The van der Waals surface area contributed by atoms with Gasteiger partial charge in [0.1, 0.15) is 5.75 Å². The highest BCUT2D eigenvalue weighted by atomic mass is 32.2. The van der Waals surface area contributed by atoms with Crippen molar-refractivity contribution in [1.29, 1.82) is 0 Å². The highest BCUT2D eigenvalue weighted by Gasteiger charge is 2.15. The number of rotatable bonds is 6. The van der Waals surface area contributed by atoms with E-state index in [0.717, 1.165) is 11.1 Å². The SMILES string of the molecule is Cc1ccc(C)c(NS(=O)(=O)c2ccc(OCC(N)=O)cc2)c1. The van der Waals surface area contributed by atoms with Crippen molar-refractivity contribution in [3.8, 4) is 5.75 Å². The second-order valence-electron chi connectivity index (χ2n) is 5.15. The van der Waals surface area contributed by atoms with Crippen molar-refractivity contribution in [3.63, 3.8) is 0 Å². The van der Waals surface area contributed by atoms with Crippen LogP contribution < -0.4 is 15.2 Å². The van der Waals surface area contributed by atoms with Crippen LogP contribution in [0.3, 0.4) is 0 Å². The van der Waals surface area contributed by atoms with Crippen LogP contribution in [0.2, 0.25) is 0 Å². The van der Waals surface area contributed by atoms with Gasteiger partial charge in [-0.1, -0.05) is 12.1 Å². The third kappa shape index (κ3) is 4.46. The molecule has 0 aliphatic rings. The largest absolute Gasteiger partial charge is 0.484 e. The molecule has 0 saturated heterocycles. The van der Waals surface area contributed by atoms with Crippen molar-refractivity contribution in [1.82, 2.24) is 0 Å². The van der Waals surface area contributed by atoms with Crippen LogP contribution in [0.1, 0.15) is 11.1 Å². The lowest BCUT2D eigenvalue weighted by atomic mass is 10.1. The maximum absolute atomic E-state index is 12.4. The van der Waals surface area contributed by atoms with Crippen molar-refractivity contribution in [2.75, 3.05) is 11.3 Å². The molecule has 0 aliphatic heterocycles. The summed E-state index contributed by atoms with van der Waals surface area (Å²) in [5, 5.41) is 0. The molecule has 0 aromatic heterocycles. The highest BCUT2D eigenvalue weighted by molar-refractivity contribution is 7.92. The van der Waals surface area contributed by atoms with Crippen molar-refractivity contribution >= 4 is 21.6 Å². The third-order valence-electron chi connectivity index (χ3n) is 3.15. The fourth-order valence-corrected chi connectivity index (χ4v) is 3.04. The molecule has 2 aromatic rings. The van der Waals surface area contributed by atoms with E-state index in [9.17, 15) is 13.2 Å². The van der Waals surface area contributed by atoms with E-state index in [-0.39, 0.29) is 11.5 Å². The minimum Gasteiger partial charge on any atom is -0.484 e.